The number of nitro groups is 1. The van der Waals surface area contributed by atoms with Crippen molar-refractivity contribution in [1.82, 2.24) is 14.5 Å². The van der Waals surface area contributed by atoms with Gasteiger partial charge < -0.3 is 0 Å². The van der Waals surface area contributed by atoms with E-state index in [1.807, 2.05) is 13.0 Å². The summed E-state index contributed by atoms with van der Waals surface area (Å²) in [7, 11) is 0. The Morgan fingerprint density at radius 1 is 1.56 bits per heavy atom. The van der Waals surface area contributed by atoms with Crippen LogP contribution in [0.2, 0.25) is 0 Å². The molecule has 0 radical (unpaired) electrons. The van der Waals surface area contributed by atoms with Gasteiger partial charge in [-0.3, -0.25) is 14.7 Å². The highest BCUT2D eigenvalue weighted by atomic mass is 16.6. The van der Waals surface area contributed by atoms with Crippen LogP contribution >= 0.6 is 0 Å². The molecule has 0 bridgehead atoms. The highest BCUT2D eigenvalue weighted by Crippen LogP contribution is 2.18. The Morgan fingerprint density at radius 2 is 2.33 bits per heavy atom. The first-order valence-electron chi connectivity index (χ1n) is 5.24. The Bertz CT molecular complexity index is 641. The normalized spacial score (nSPS) is 10.0. The van der Waals surface area contributed by atoms with E-state index in [2.05, 4.69) is 9.97 Å². The molecule has 0 unspecified atom stereocenters. The van der Waals surface area contributed by atoms with E-state index in [9.17, 15) is 10.1 Å². The largest absolute Gasteiger partial charge is 0.289 e. The van der Waals surface area contributed by atoms with Gasteiger partial charge in [0, 0.05) is 24.9 Å². The van der Waals surface area contributed by atoms with E-state index in [0.717, 1.165) is 12.0 Å². The quantitative estimate of drug-likeness (QED) is 0.602. The van der Waals surface area contributed by atoms with Crippen molar-refractivity contribution < 1.29 is 4.92 Å². The van der Waals surface area contributed by atoms with E-state index < -0.39 is 4.92 Å². The summed E-state index contributed by atoms with van der Waals surface area (Å²) < 4.78 is 1.66. The van der Waals surface area contributed by atoms with Crippen LogP contribution in [-0.2, 0) is 6.42 Å². The Morgan fingerprint density at radius 3 is 2.94 bits per heavy atom. The molecule has 2 aromatic rings. The number of pyridine rings is 1. The minimum absolute atomic E-state index is 0.150. The first kappa shape index (κ1) is 11.7. The predicted molar refractivity (Wildman–Crippen MR) is 62.1 cm³/mol. The first-order chi connectivity index (χ1) is 8.67. The van der Waals surface area contributed by atoms with Crippen molar-refractivity contribution in [3.63, 3.8) is 0 Å². The lowest BCUT2D eigenvalue weighted by atomic mass is 10.2. The van der Waals surface area contributed by atoms with Crippen LogP contribution in [0.3, 0.4) is 0 Å². The minimum atomic E-state index is -0.577. The van der Waals surface area contributed by atoms with Crippen LogP contribution in [0.25, 0.3) is 5.82 Å². The molecular formula is C11H9N5O2. The number of rotatable bonds is 3. The number of aryl methyl sites for hydroxylation is 1. The third-order valence-electron chi connectivity index (χ3n) is 2.45. The molecule has 0 aliphatic carbocycles. The van der Waals surface area contributed by atoms with Crippen LogP contribution in [-0.4, -0.2) is 19.5 Å². The average molecular weight is 243 g/mol. The van der Waals surface area contributed by atoms with Crippen molar-refractivity contribution in [2.75, 3.05) is 0 Å². The molecule has 0 aliphatic heterocycles. The Labute approximate surface area is 102 Å². The molecule has 0 saturated carbocycles. The summed E-state index contributed by atoms with van der Waals surface area (Å²) in [5, 5.41) is 19.7. The summed E-state index contributed by atoms with van der Waals surface area (Å²) in [5.74, 6) is 1.10. The summed E-state index contributed by atoms with van der Waals surface area (Å²) in [5.41, 5.74) is -0.0506. The zero-order valence-corrected chi connectivity index (χ0v) is 9.57. The molecule has 0 spiro atoms. The molecule has 2 rings (SSSR count). The number of imidazole rings is 1. The molecule has 7 nitrogen and oxygen atoms in total. The molecule has 2 heterocycles. The maximum Gasteiger partial charge on any atom is 0.289 e. The van der Waals surface area contributed by atoms with Crippen LogP contribution in [0.5, 0.6) is 0 Å². The van der Waals surface area contributed by atoms with Crippen LogP contribution < -0.4 is 0 Å². The van der Waals surface area contributed by atoms with Crippen molar-refractivity contribution in [2.45, 2.75) is 13.3 Å². The second kappa shape index (κ2) is 4.63. The van der Waals surface area contributed by atoms with Gasteiger partial charge in [0.15, 0.2) is 5.82 Å². The molecule has 0 aliphatic rings. The standard InChI is InChI=1S/C11H9N5O2/c1-2-10-13-3-4-15(10)11-8(6-12)5-9(7-14-11)16(17)18/h3-5,7H,2H2,1H3. The number of hydrogen-bond acceptors (Lipinski definition) is 5. The van der Waals surface area contributed by atoms with Crippen LogP contribution in [0.1, 0.15) is 18.3 Å². The van der Waals surface area contributed by atoms with E-state index in [-0.39, 0.29) is 11.3 Å². The fourth-order valence-electron chi connectivity index (χ4n) is 1.61. The van der Waals surface area contributed by atoms with Crippen molar-refractivity contribution in [3.05, 3.63) is 46.2 Å². The maximum absolute atomic E-state index is 10.6. The summed E-state index contributed by atoms with van der Waals surface area (Å²) in [6.45, 7) is 1.93. The molecule has 7 heteroatoms. The SMILES string of the molecule is CCc1nccn1-c1ncc([N+](=O)[O-])cc1C#N. The Hall–Kier alpha value is -2.75. The van der Waals surface area contributed by atoms with E-state index in [4.69, 9.17) is 5.26 Å². The monoisotopic (exact) mass is 243 g/mol. The average Bonchev–Trinajstić information content (AvgIpc) is 2.85. The Balaban J connectivity index is 2.59. The predicted octanol–water partition coefficient (Wildman–Crippen LogP) is 1.61. The van der Waals surface area contributed by atoms with Crippen molar-refractivity contribution in [1.29, 1.82) is 5.26 Å². The van der Waals surface area contributed by atoms with Gasteiger partial charge in [-0.2, -0.15) is 5.26 Å². The van der Waals surface area contributed by atoms with Gasteiger partial charge in [-0.1, -0.05) is 6.92 Å². The second-order valence-electron chi connectivity index (χ2n) is 3.50. The molecular weight excluding hydrogens is 234 g/mol. The van der Waals surface area contributed by atoms with E-state index in [0.29, 0.717) is 12.2 Å². The zero-order valence-electron chi connectivity index (χ0n) is 9.57. The third kappa shape index (κ3) is 1.91. The smallest absolute Gasteiger partial charge is 0.287 e. The fraction of sp³-hybridized carbons (Fsp3) is 0.182. The van der Waals surface area contributed by atoms with Crippen LogP contribution in [0.4, 0.5) is 5.69 Å². The van der Waals surface area contributed by atoms with Gasteiger partial charge in [-0.15, -0.1) is 0 Å². The molecule has 90 valence electrons. The molecule has 18 heavy (non-hydrogen) atoms. The number of hydrogen-bond donors (Lipinski definition) is 0. The van der Waals surface area contributed by atoms with E-state index in [1.54, 1.807) is 17.0 Å². The maximum atomic E-state index is 10.6. The van der Waals surface area contributed by atoms with E-state index >= 15 is 0 Å². The molecule has 0 amide bonds. The van der Waals surface area contributed by atoms with Gasteiger partial charge in [-0.05, 0) is 0 Å². The highest BCUT2D eigenvalue weighted by molar-refractivity contribution is 5.49. The van der Waals surface area contributed by atoms with Gasteiger partial charge in [0.1, 0.15) is 23.7 Å². The van der Waals surface area contributed by atoms with Crippen LogP contribution in [0.15, 0.2) is 24.7 Å². The lowest BCUT2D eigenvalue weighted by molar-refractivity contribution is -0.385. The van der Waals surface area contributed by atoms with Gasteiger partial charge >= 0.3 is 0 Å². The lowest BCUT2D eigenvalue weighted by Crippen LogP contribution is -2.05. The summed E-state index contributed by atoms with van der Waals surface area (Å²) in [6.07, 6.45) is 5.09. The topological polar surface area (TPSA) is 97.6 Å². The van der Waals surface area contributed by atoms with Gasteiger partial charge in [0.25, 0.3) is 5.69 Å². The summed E-state index contributed by atoms with van der Waals surface area (Å²) in [6, 6.07) is 3.12. The molecule has 2 aromatic heterocycles. The third-order valence-corrected chi connectivity index (χ3v) is 2.45. The van der Waals surface area contributed by atoms with Crippen molar-refractivity contribution >= 4 is 5.69 Å². The molecule has 0 saturated heterocycles. The molecule has 0 fully saturated rings. The van der Waals surface area contributed by atoms with Crippen molar-refractivity contribution in [3.8, 4) is 11.9 Å². The summed E-state index contributed by atoms with van der Waals surface area (Å²) in [4.78, 5) is 18.2. The molecule has 0 atom stereocenters. The zero-order chi connectivity index (χ0) is 13.1. The van der Waals surface area contributed by atoms with Gasteiger partial charge in [0.05, 0.1) is 4.92 Å². The minimum Gasteiger partial charge on any atom is -0.287 e. The summed E-state index contributed by atoms with van der Waals surface area (Å²) >= 11 is 0. The van der Waals surface area contributed by atoms with Gasteiger partial charge in [-0.25, -0.2) is 9.97 Å². The lowest BCUT2D eigenvalue weighted by Gasteiger charge is -2.06. The number of nitriles is 1. The molecule has 0 aromatic carbocycles. The number of aromatic nitrogens is 3. The van der Waals surface area contributed by atoms with Crippen LogP contribution in [0, 0.1) is 21.4 Å². The fourth-order valence-corrected chi connectivity index (χ4v) is 1.61. The van der Waals surface area contributed by atoms with E-state index in [1.165, 1.54) is 6.07 Å². The second-order valence-corrected chi connectivity index (χ2v) is 3.50. The Kier molecular flexibility index (Phi) is 3.02. The highest BCUT2D eigenvalue weighted by Gasteiger charge is 2.14. The number of nitrogens with zero attached hydrogens (tertiary/aromatic N) is 5. The molecule has 0 N–H and O–H groups in total. The first-order valence-corrected chi connectivity index (χ1v) is 5.24. The van der Waals surface area contributed by atoms with Gasteiger partial charge in [0.2, 0.25) is 0 Å². The van der Waals surface area contributed by atoms with Crippen molar-refractivity contribution in [2.24, 2.45) is 0 Å².